The van der Waals surface area contributed by atoms with E-state index in [2.05, 4.69) is 20.4 Å². The van der Waals surface area contributed by atoms with Gasteiger partial charge in [0.2, 0.25) is 0 Å². The van der Waals surface area contributed by atoms with Crippen molar-refractivity contribution in [1.29, 1.82) is 0 Å². The molecule has 0 radical (unpaired) electrons. The summed E-state index contributed by atoms with van der Waals surface area (Å²) < 4.78 is 0. The molecule has 1 rings (SSSR count). The zero-order chi connectivity index (χ0) is 8.48. The highest BCUT2D eigenvalue weighted by atomic mass is 16.3. The first-order valence-electron chi connectivity index (χ1n) is 4.49. The Kier molecular flexibility index (Phi) is 2.38. The summed E-state index contributed by atoms with van der Waals surface area (Å²) in [5, 5.41) is 9.64. The highest BCUT2D eigenvalue weighted by molar-refractivity contribution is 5.31. The molecule has 64 valence electrons. The van der Waals surface area contributed by atoms with Gasteiger partial charge in [0.05, 0.1) is 5.60 Å². The Morgan fingerprint density at radius 2 is 2.27 bits per heavy atom. The van der Waals surface area contributed by atoms with Gasteiger partial charge in [-0.1, -0.05) is 26.8 Å². The summed E-state index contributed by atoms with van der Waals surface area (Å²) in [5.41, 5.74) is 0.574. The maximum atomic E-state index is 9.64. The Labute approximate surface area is 69.1 Å². The second kappa shape index (κ2) is 2.98. The average Bonchev–Trinajstić information content (AvgIpc) is 2.56. The van der Waals surface area contributed by atoms with Crippen molar-refractivity contribution in [2.24, 2.45) is 5.92 Å². The SMILES string of the molecule is C=C1CC1(O)CCC(C)CC. The topological polar surface area (TPSA) is 20.2 Å². The minimum Gasteiger partial charge on any atom is -0.385 e. The molecule has 0 amide bonds. The molecule has 0 aromatic heterocycles. The van der Waals surface area contributed by atoms with E-state index >= 15 is 0 Å². The van der Waals surface area contributed by atoms with Gasteiger partial charge in [0.15, 0.2) is 0 Å². The van der Waals surface area contributed by atoms with Crippen molar-refractivity contribution in [2.45, 2.75) is 45.1 Å². The molecule has 1 heteroatoms. The fourth-order valence-electron chi connectivity index (χ4n) is 1.26. The molecule has 0 spiro atoms. The number of hydrogen-bond donors (Lipinski definition) is 1. The van der Waals surface area contributed by atoms with E-state index < -0.39 is 5.60 Å². The molecular formula is C10H18O. The van der Waals surface area contributed by atoms with Gasteiger partial charge in [0.1, 0.15) is 0 Å². The summed E-state index contributed by atoms with van der Waals surface area (Å²) in [5.74, 6) is 0.743. The van der Waals surface area contributed by atoms with Gasteiger partial charge in [-0.3, -0.25) is 0 Å². The van der Waals surface area contributed by atoms with Crippen molar-refractivity contribution >= 4 is 0 Å². The van der Waals surface area contributed by atoms with E-state index in [-0.39, 0.29) is 0 Å². The van der Waals surface area contributed by atoms with Crippen molar-refractivity contribution in [3.05, 3.63) is 12.2 Å². The molecule has 1 fully saturated rings. The van der Waals surface area contributed by atoms with Crippen molar-refractivity contribution < 1.29 is 5.11 Å². The summed E-state index contributed by atoms with van der Waals surface area (Å²) in [4.78, 5) is 0. The van der Waals surface area contributed by atoms with Crippen molar-refractivity contribution in [1.82, 2.24) is 0 Å². The molecule has 1 N–H and O–H groups in total. The molecule has 0 heterocycles. The van der Waals surface area contributed by atoms with Crippen LogP contribution in [-0.2, 0) is 0 Å². The second-order valence-corrected chi connectivity index (χ2v) is 3.86. The lowest BCUT2D eigenvalue weighted by Gasteiger charge is -2.10. The summed E-state index contributed by atoms with van der Waals surface area (Å²) in [7, 11) is 0. The number of aliphatic hydroxyl groups is 1. The van der Waals surface area contributed by atoms with Crippen LogP contribution in [-0.4, -0.2) is 10.7 Å². The smallest absolute Gasteiger partial charge is 0.0893 e. The highest BCUT2D eigenvalue weighted by Crippen LogP contribution is 2.45. The van der Waals surface area contributed by atoms with Crippen molar-refractivity contribution in [2.75, 3.05) is 0 Å². The molecule has 1 aliphatic carbocycles. The lowest BCUT2D eigenvalue weighted by Crippen LogP contribution is -2.09. The molecular weight excluding hydrogens is 136 g/mol. The first-order valence-corrected chi connectivity index (χ1v) is 4.49. The molecule has 1 saturated carbocycles. The Bertz CT molecular complexity index is 162. The van der Waals surface area contributed by atoms with E-state index in [0.29, 0.717) is 0 Å². The van der Waals surface area contributed by atoms with Crippen LogP contribution >= 0.6 is 0 Å². The van der Waals surface area contributed by atoms with Crippen LogP contribution in [0, 0.1) is 5.92 Å². The molecule has 0 saturated heterocycles. The zero-order valence-electron chi connectivity index (χ0n) is 7.56. The van der Waals surface area contributed by atoms with Gasteiger partial charge < -0.3 is 5.11 Å². The van der Waals surface area contributed by atoms with Crippen molar-refractivity contribution in [3.8, 4) is 0 Å². The first-order chi connectivity index (χ1) is 5.08. The standard InChI is InChI=1S/C10H18O/c1-4-8(2)5-6-10(11)7-9(10)3/h8,11H,3-7H2,1-2H3. The molecule has 1 aliphatic rings. The highest BCUT2D eigenvalue weighted by Gasteiger charge is 2.44. The lowest BCUT2D eigenvalue weighted by atomic mass is 9.99. The van der Waals surface area contributed by atoms with E-state index in [0.717, 1.165) is 30.8 Å². The maximum absolute atomic E-state index is 9.64. The minimum absolute atomic E-state index is 0.455. The van der Waals surface area contributed by atoms with Gasteiger partial charge in [-0.15, -0.1) is 0 Å². The normalized spacial score (nSPS) is 32.1. The van der Waals surface area contributed by atoms with Crippen LogP contribution in [0.4, 0.5) is 0 Å². The van der Waals surface area contributed by atoms with Gasteiger partial charge in [-0.2, -0.15) is 0 Å². The zero-order valence-corrected chi connectivity index (χ0v) is 7.56. The molecule has 0 aliphatic heterocycles. The van der Waals surface area contributed by atoms with E-state index in [1.807, 2.05) is 0 Å². The fraction of sp³-hybridized carbons (Fsp3) is 0.800. The molecule has 0 bridgehead atoms. The van der Waals surface area contributed by atoms with Crippen molar-refractivity contribution in [3.63, 3.8) is 0 Å². The largest absolute Gasteiger partial charge is 0.385 e. The van der Waals surface area contributed by atoms with Gasteiger partial charge in [-0.05, 0) is 24.3 Å². The quantitative estimate of drug-likeness (QED) is 0.617. The van der Waals surface area contributed by atoms with E-state index in [1.54, 1.807) is 0 Å². The van der Waals surface area contributed by atoms with E-state index in [4.69, 9.17) is 0 Å². The fourth-order valence-corrected chi connectivity index (χ4v) is 1.26. The van der Waals surface area contributed by atoms with Gasteiger partial charge >= 0.3 is 0 Å². The summed E-state index contributed by atoms with van der Waals surface area (Å²) in [6.07, 6.45) is 4.10. The molecule has 2 atom stereocenters. The van der Waals surface area contributed by atoms with E-state index in [1.165, 1.54) is 6.42 Å². The van der Waals surface area contributed by atoms with Crippen LogP contribution in [0.15, 0.2) is 12.2 Å². The number of hydrogen-bond acceptors (Lipinski definition) is 1. The monoisotopic (exact) mass is 154 g/mol. The summed E-state index contributed by atoms with van der Waals surface area (Å²) in [6, 6.07) is 0. The summed E-state index contributed by atoms with van der Waals surface area (Å²) >= 11 is 0. The minimum atomic E-state index is -0.455. The average molecular weight is 154 g/mol. The van der Waals surface area contributed by atoms with Gasteiger partial charge in [-0.25, -0.2) is 0 Å². The predicted octanol–water partition coefficient (Wildman–Crippen LogP) is 2.50. The predicted molar refractivity (Wildman–Crippen MR) is 47.4 cm³/mol. The molecule has 1 nitrogen and oxygen atoms in total. The van der Waals surface area contributed by atoms with Gasteiger partial charge in [0.25, 0.3) is 0 Å². The van der Waals surface area contributed by atoms with Crippen LogP contribution in [0.2, 0.25) is 0 Å². The third kappa shape index (κ3) is 2.06. The van der Waals surface area contributed by atoms with Crippen LogP contribution in [0.25, 0.3) is 0 Å². The maximum Gasteiger partial charge on any atom is 0.0893 e. The second-order valence-electron chi connectivity index (χ2n) is 3.86. The molecule has 0 aromatic carbocycles. The Morgan fingerprint density at radius 1 is 1.73 bits per heavy atom. The molecule has 11 heavy (non-hydrogen) atoms. The molecule has 0 aromatic rings. The third-order valence-corrected chi connectivity index (χ3v) is 2.79. The lowest BCUT2D eigenvalue weighted by molar-refractivity contribution is 0.145. The first kappa shape index (κ1) is 8.79. The number of rotatable bonds is 4. The van der Waals surface area contributed by atoms with Crippen LogP contribution in [0.3, 0.4) is 0 Å². The van der Waals surface area contributed by atoms with Crippen LogP contribution in [0.5, 0.6) is 0 Å². The Morgan fingerprint density at radius 3 is 2.64 bits per heavy atom. The van der Waals surface area contributed by atoms with Crippen LogP contribution in [0.1, 0.15) is 39.5 Å². The molecule has 2 unspecified atom stereocenters. The van der Waals surface area contributed by atoms with E-state index in [9.17, 15) is 5.11 Å². The van der Waals surface area contributed by atoms with Crippen LogP contribution < -0.4 is 0 Å². The van der Waals surface area contributed by atoms with Gasteiger partial charge in [0, 0.05) is 6.42 Å². The Balaban J connectivity index is 2.18. The summed E-state index contributed by atoms with van der Waals surface area (Å²) in [6.45, 7) is 8.20. The Hall–Kier alpha value is -0.300. The third-order valence-electron chi connectivity index (χ3n) is 2.79.